The third-order valence-electron chi connectivity index (χ3n) is 4.85. The lowest BCUT2D eigenvalue weighted by Crippen LogP contribution is -2.37. The summed E-state index contributed by atoms with van der Waals surface area (Å²) in [4.78, 5) is 8.29. The fourth-order valence-electron chi connectivity index (χ4n) is 3.67. The zero-order valence-corrected chi connectivity index (χ0v) is 15.2. The molecule has 1 saturated heterocycles. The van der Waals surface area contributed by atoms with Crippen molar-refractivity contribution >= 4 is 16.3 Å². The minimum absolute atomic E-state index is 0.0219. The normalized spacial score (nSPS) is 20.0. The smallest absolute Gasteiger partial charge is 0.230 e. The summed E-state index contributed by atoms with van der Waals surface area (Å²) in [6, 6.07) is 8.08. The van der Waals surface area contributed by atoms with Gasteiger partial charge in [-0.3, -0.25) is 4.90 Å². The van der Waals surface area contributed by atoms with E-state index in [0.717, 1.165) is 29.3 Å². The van der Waals surface area contributed by atoms with Crippen LogP contribution in [0.25, 0.3) is 4.96 Å². The first-order valence-corrected chi connectivity index (χ1v) is 9.38. The van der Waals surface area contributed by atoms with Gasteiger partial charge in [-0.1, -0.05) is 30.4 Å². The summed E-state index contributed by atoms with van der Waals surface area (Å²) >= 11 is 1.50. The van der Waals surface area contributed by atoms with Crippen molar-refractivity contribution in [2.75, 3.05) is 20.2 Å². The van der Waals surface area contributed by atoms with Gasteiger partial charge in [0.15, 0.2) is 0 Å². The fourth-order valence-corrected chi connectivity index (χ4v) is 4.76. The van der Waals surface area contributed by atoms with E-state index < -0.39 is 0 Å². The number of ether oxygens (including phenoxy) is 1. The zero-order valence-electron chi connectivity index (χ0n) is 14.4. The first-order valence-electron chi connectivity index (χ1n) is 8.56. The predicted octanol–water partition coefficient (Wildman–Crippen LogP) is 3.33. The van der Waals surface area contributed by atoms with E-state index >= 15 is 0 Å². The van der Waals surface area contributed by atoms with Crippen molar-refractivity contribution in [3.8, 4) is 11.6 Å². The zero-order chi connectivity index (χ0) is 17.4. The topological polar surface area (TPSA) is 62.9 Å². The molecule has 4 rings (SSSR count). The van der Waals surface area contributed by atoms with Crippen LogP contribution in [-0.2, 0) is 0 Å². The number of aromatic hydroxyl groups is 1. The molecule has 0 spiro atoms. The molecule has 1 aromatic carbocycles. The average Bonchev–Trinajstić information content (AvgIpc) is 3.19. The summed E-state index contributed by atoms with van der Waals surface area (Å²) in [5.41, 5.74) is 1.12. The summed E-state index contributed by atoms with van der Waals surface area (Å²) in [6.45, 7) is 4.31. The van der Waals surface area contributed by atoms with Crippen LogP contribution in [0.4, 0.5) is 0 Å². The maximum Gasteiger partial charge on any atom is 0.230 e. The van der Waals surface area contributed by atoms with Gasteiger partial charge in [-0.15, -0.1) is 0 Å². The molecule has 25 heavy (non-hydrogen) atoms. The Kier molecular flexibility index (Phi) is 4.35. The van der Waals surface area contributed by atoms with Crippen LogP contribution in [0.3, 0.4) is 0 Å². The summed E-state index contributed by atoms with van der Waals surface area (Å²) in [5.74, 6) is 1.65. The molecule has 1 N–H and O–H groups in total. The molecule has 1 aliphatic rings. The molecule has 0 unspecified atom stereocenters. The molecule has 3 aromatic rings. The van der Waals surface area contributed by atoms with Crippen LogP contribution in [-0.4, -0.2) is 44.8 Å². The second-order valence-electron chi connectivity index (χ2n) is 6.67. The minimum atomic E-state index is -0.0219. The quantitative estimate of drug-likeness (QED) is 0.775. The van der Waals surface area contributed by atoms with E-state index in [1.807, 2.05) is 12.1 Å². The van der Waals surface area contributed by atoms with Crippen LogP contribution >= 0.6 is 11.3 Å². The number of nitrogens with zero attached hydrogens (tertiary/aromatic N) is 4. The third-order valence-corrected chi connectivity index (χ3v) is 5.94. The number of fused-ring (bicyclic) bond motifs is 1. The van der Waals surface area contributed by atoms with Gasteiger partial charge in [0.1, 0.15) is 12.1 Å². The number of piperidine rings is 1. The van der Waals surface area contributed by atoms with Crippen LogP contribution in [0.15, 0.2) is 30.6 Å². The molecule has 2 aromatic heterocycles. The Labute approximate surface area is 150 Å². The number of hydrogen-bond donors (Lipinski definition) is 1. The van der Waals surface area contributed by atoms with E-state index in [0.29, 0.717) is 10.9 Å². The monoisotopic (exact) mass is 358 g/mol. The molecule has 0 radical (unpaired) electrons. The van der Waals surface area contributed by atoms with Gasteiger partial charge >= 0.3 is 0 Å². The van der Waals surface area contributed by atoms with Gasteiger partial charge in [0.25, 0.3) is 0 Å². The molecular formula is C18H22N4O2S. The van der Waals surface area contributed by atoms with E-state index in [-0.39, 0.29) is 11.9 Å². The standard InChI is InChI=1S/C18H22N4O2S/c1-12-5-4-8-21(10-12)15(13-6-3-7-14(9-13)24-2)16-17(23)22-18(25-16)19-11-20-22/h3,6-7,9,11-12,15,23H,4-5,8,10H2,1-2H3/t12-,15-/m1/s1. The van der Waals surface area contributed by atoms with Crippen LogP contribution < -0.4 is 4.74 Å². The SMILES string of the molecule is COc1cccc([C@H](c2sc3ncnn3c2O)N2CCC[C@@H](C)C2)c1. The van der Waals surface area contributed by atoms with Crippen molar-refractivity contribution in [1.82, 2.24) is 19.5 Å². The molecule has 2 atom stereocenters. The van der Waals surface area contributed by atoms with Gasteiger partial charge in [-0.2, -0.15) is 9.61 Å². The summed E-state index contributed by atoms with van der Waals surface area (Å²) in [7, 11) is 1.68. The fraction of sp³-hybridized carbons (Fsp3) is 0.444. The van der Waals surface area contributed by atoms with E-state index in [2.05, 4.69) is 34.0 Å². The maximum absolute atomic E-state index is 10.7. The minimum Gasteiger partial charge on any atom is -0.497 e. The second kappa shape index (κ2) is 6.65. The first kappa shape index (κ1) is 16.4. The Hall–Kier alpha value is -2.12. The Morgan fingerprint density at radius 1 is 1.40 bits per heavy atom. The Morgan fingerprint density at radius 2 is 2.28 bits per heavy atom. The van der Waals surface area contributed by atoms with Gasteiger partial charge in [-0.25, -0.2) is 4.98 Å². The third kappa shape index (κ3) is 2.98. The highest BCUT2D eigenvalue weighted by Crippen LogP contribution is 2.41. The molecule has 7 heteroatoms. The Bertz CT molecular complexity index is 875. The van der Waals surface area contributed by atoms with Crippen LogP contribution in [0.5, 0.6) is 11.6 Å². The molecule has 0 amide bonds. The largest absolute Gasteiger partial charge is 0.497 e. The predicted molar refractivity (Wildman–Crippen MR) is 97.3 cm³/mol. The number of likely N-dealkylation sites (tertiary alicyclic amines) is 1. The number of rotatable bonds is 4. The molecule has 132 valence electrons. The van der Waals surface area contributed by atoms with Crippen molar-refractivity contribution in [2.45, 2.75) is 25.8 Å². The number of methoxy groups -OCH3 is 1. The highest BCUT2D eigenvalue weighted by molar-refractivity contribution is 7.17. The van der Waals surface area contributed by atoms with Gasteiger partial charge in [0.05, 0.1) is 18.0 Å². The number of thiazole rings is 1. The van der Waals surface area contributed by atoms with Crippen molar-refractivity contribution in [3.05, 3.63) is 41.0 Å². The summed E-state index contributed by atoms with van der Waals surface area (Å²) in [6.07, 6.45) is 3.89. The number of aromatic nitrogens is 3. The average molecular weight is 358 g/mol. The van der Waals surface area contributed by atoms with E-state index in [1.54, 1.807) is 7.11 Å². The van der Waals surface area contributed by atoms with Crippen LogP contribution in [0.2, 0.25) is 0 Å². The lowest BCUT2D eigenvalue weighted by atomic mass is 9.95. The lowest BCUT2D eigenvalue weighted by Gasteiger charge is -2.37. The second-order valence-corrected chi connectivity index (χ2v) is 7.67. The maximum atomic E-state index is 10.7. The van der Waals surface area contributed by atoms with Gasteiger partial charge in [0, 0.05) is 6.54 Å². The molecule has 1 fully saturated rings. The van der Waals surface area contributed by atoms with Crippen LogP contribution in [0, 0.1) is 5.92 Å². The summed E-state index contributed by atoms with van der Waals surface area (Å²) < 4.78 is 6.93. The van der Waals surface area contributed by atoms with E-state index in [1.165, 1.54) is 35.0 Å². The lowest BCUT2D eigenvalue weighted by molar-refractivity contribution is 0.149. The van der Waals surface area contributed by atoms with Crippen molar-refractivity contribution in [2.24, 2.45) is 5.92 Å². The molecular weight excluding hydrogens is 336 g/mol. The van der Waals surface area contributed by atoms with Crippen LogP contribution in [0.1, 0.15) is 36.2 Å². The van der Waals surface area contributed by atoms with Gasteiger partial charge < -0.3 is 9.84 Å². The highest BCUT2D eigenvalue weighted by atomic mass is 32.1. The van der Waals surface area contributed by atoms with Gasteiger partial charge in [-0.05, 0) is 43.0 Å². The molecule has 6 nitrogen and oxygen atoms in total. The van der Waals surface area contributed by atoms with E-state index in [4.69, 9.17) is 4.74 Å². The molecule has 0 bridgehead atoms. The van der Waals surface area contributed by atoms with Crippen molar-refractivity contribution in [1.29, 1.82) is 0 Å². The van der Waals surface area contributed by atoms with Gasteiger partial charge in [0.2, 0.25) is 10.8 Å². The Morgan fingerprint density at radius 3 is 3.04 bits per heavy atom. The number of hydrogen-bond acceptors (Lipinski definition) is 6. The molecule has 0 saturated carbocycles. The van der Waals surface area contributed by atoms with E-state index in [9.17, 15) is 5.11 Å². The summed E-state index contributed by atoms with van der Waals surface area (Å²) in [5, 5.41) is 14.9. The van der Waals surface area contributed by atoms with Crippen molar-refractivity contribution < 1.29 is 9.84 Å². The first-order chi connectivity index (χ1) is 12.2. The molecule has 1 aliphatic heterocycles. The number of benzene rings is 1. The Balaban J connectivity index is 1.82. The molecule has 0 aliphatic carbocycles. The molecule has 3 heterocycles. The highest BCUT2D eigenvalue weighted by Gasteiger charge is 2.31. The van der Waals surface area contributed by atoms with Crippen molar-refractivity contribution in [3.63, 3.8) is 0 Å².